The fourth-order valence-corrected chi connectivity index (χ4v) is 2.41. The van der Waals surface area contributed by atoms with Crippen LogP contribution in [0.1, 0.15) is 31.9 Å². The molecule has 2 N–H and O–H groups in total. The molecule has 0 heterocycles. The molecule has 0 radical (unpaired) electrons. The fraction of sp³-hybridized carbons (Fsp3) is 0.333. The van der Waals surface area contributed by atoms with Crippen LogP contribution in [-0.4, -0.2) is 11.6 Å². The Labute approximate surface area is 114 Å². The number of hydrogen-bond acceptors (Lipinski definition) is 3. The maximum Gasteiger partial charge on any atom is 0.0582 e. The van der Waals surface area contributed by atoms with Crippen molar-refractivity contribution in [1.82, 2.24) is 5.32 Å². The summed E-state index contributed by atoms with van der Waals surface area (Å²) in [5, 5.41) is 3.32. The third-order valence-electron chi connectivity index (χ3n) is 2.80. The van der Waals surface area contributed by atoms with Gasteiger partial charge in [0.2, 0.25) is 0 Å². The molecule has 2 nitrogen and oxygen atoms in total. The van der Waals surface area contributed by atoms with Crippen molar-refractivity contribution in [2.45, 2.75) is 26.3 Å². The molecule has 98 valence electrons. The first-order valence-electron chi connectivity index (χ1n) is 6.18. The average Bonchev–Trinajstić information content (AvgIpc) is 2.42. The highest BCUT2D eigenvalue weighted by Crippen LogP contribution is 2.32. The SMILES string of the molecule is C/C=C(SO)\C(=C/CC)C(NC)c1ccccc1. The van der Waals surface area contributed by atoms with Gasteiger partial charge in [0, 0.05) is 16.9 Å². The molecule has 1 unspecified atom stereocenters. The molecule has 0 bridgehead atoms. The average molecular weight is 263 g/mol. The van der Waals surface area contributed by atoms with E-state index in [4.69, 9.17) is 0 Å². The van der Waals surface area contributed by atoms with Gasteiger partial charge in [-0.15, -0.1) is 0 Å². The minimum Gasteiger partial charge on any atom is -0.325 e. The maximum absolute atomic E-state index is 9.39. The topological polar surface area (TPSA) is 32.3 Å². The van der Waals surface area contributed by atoms with Crippen LogP contribution < -0.4 is 5.32 Å². The van der Waals surface area contributed by atoms with Gasteiger partial charge in [-0.3, -0.25) is 0 Å². The lowest BCUT2D eigenvalue weighted by molar-refractivity contribution is 0.660. The van der Waals surface area contributed by atoms with E-state index in [2.05, 4.69) is 30.4 Å². The third kappa shape index (κ3) is 3.73. The second-order valence-electron chi connectivity index (χ2n) is 3.94. The fourth-order valence-electron chi connectivity index (χ4n) is 2.00. The van der Waals surface area contributed by atoms with Gasteiger partial charge in [0.05, 0.1) is 6.04 Å². The molecule has 0 aliphatic rings. The maximum atomic E-state index is 9.39. The molecule has 0 aromatic heterocycles. The quantitative estimate of drug-likeness (QED) is 0.589. The summed E-state index contributed by atoms with van der Waals surface area (Å²) in [6.07, 6.45) is 5.05. The first-order chi connectivity index (χ1) is 8.78. The first-order valence-corrected chi connectivity index (χ1v) is 6.96. The number of nitrogens with one attached hydrogen (secondary N) is 1. The van der Waals surface area contributed by atoms with Crippen LogP contribution >= 0.6 is 12.0 Å². The van der Waals surface area contributed by atoms with Crippen LogP contribution in [0.15, 0.2) is 53.0 Å². The van der Waals surface area contributed by atoms with Crippen LogP contribution in [0.4, 0.5) is 0 Å². The second-order valence-corrected chi connectivity index (χ2v) is 4.57. The molecule has 0 saturated carbocycles. The summed E-state index contributed by atoms with van der Waals surface area (Å²) in [4.78, 5) is 0.903. The second kappa shape index (κ2) is 8.14. The molecule has 0 aliphatic heterocycles. The van der Waals surface area contributed by atoms with Gasteiger partial charge in [-0.25, -0.2) is 0 Å². The molecule has 0 fully saturated rings. The molecule has 1 aromatic rings. The molecule has 3 heteroatoms. The highest BCUT2D eigenvalue weighted by atomic mass is 32.2. The summed E-state index contributed by atoms with van der Waals surface area (Å²) in [5.41, 5.74) is 2.33. The minimum absolute atomic E-state index is 0.108. The first kappa shape index (κ1) is 15.0. The summed E-state index contributed by atoms with van der Waals surface area (Å²) in [5.74, 6) is 0. The highest BCUT2D eigenvalue weighted by molar-refractivity contribution is 7.97. The summed E-state index contributed by atoms with van der Waals surface area (Å²) < 4.78 is 9.39. The largest absolute Gasteiger partial charge is 0.325 e. The number of benzene rings is 1. The lowest BCUT2D eigenvalue weighted by Crippen LogP contribution is -2.19. The number of likely N-dealkylation sites (N-methyl/N-ethyl adjacent to an activating group) is 1. The lowest BCUT2D eigenvalue weighted by atomic mass is 9.97. The standard InChI is InChI=1S/C15H21NOS/c1-4-9-13(14(5-2)18-17)15(16-3)12-10-7-6-8-11-12/h5-11,15-17H,4H2,1-3H3/b13-9+,14-5+. The van der Waals surface area contributed by atoms with Crippen LogP contribution in [0, 0.1) is 0 Å². The molecule has 0 saturated heterocycles. The summed E-state index contributed by atoms with van der Waals surface area (Å²) >= 11 is 0.809. The Morgan fingerprint density at radius 3 is 2.50 bits per heavy atom. The van der Waals surface area contributed by atoms with E-state index in [1.807, 2.05) is 38.2 Å². The smallest absolute Gasteiger partial charge is 0.0582 e. The van der Waals surface area contributed by atoms with Gasteiger partial charge in [-0.2, -0.15) is 0 Å². The Balaban J connectivity index is 3.15. The van der Waals surface area contributed by atoms with E-state index in [1.54, 1.807) is 0 Å². The highest BCUT2D eigenvalue weighted by Gasteiger charge is 2.17. The monoisotopic (exact) mass is 263 g/mol. The van der Waals surface area contributed by atoms with Crippen LogP contribution in [0.2, 0.25) is 0 Å². The van der Waals surface area contributed by atoms with Crippen molar-refractivity contribution >= 4 is 12.0 Å². The normalized spacial score (nSPS) is 14.7. The molecule has 0 aliphatic carbocycles. The summed E-state index contributed by atoms with van der Waals surface area (Å²) in [7, 11) is 1.94. The number of rotatable bonds is 6. The van der Waals surface area contributed by atoms with E-state index in [1.165, 1.54) is 5.56 Å². The zero-order valence-corrected chi connectivity index (χ0v) is 12.0. The predicted molar refractivity (Wildman–Crippen MR) is 80.6 cm³/mol. The van der Waals surface area contributed by atoms with Gasteiger partial charge in [0.1, 0.15) is 0 Å². The molecular weight excluding hydrogens is 242 g/mol. The number of hydrogen-bond donors (Lipinski definition) is 2. The van der Waals surface area contributed by atoms with Crippen molar-refractivity contribution in [2.75, 3.05) is 7.05 Å². The molecule has 0 spiro atoms. The molecule has 1 rings (SSSR count). The molecular formula is C15H21NOS. The Morgan fingerprint density at radius 2 is 2.06 bits per heavy atom. The summed E-state index contributed by atoms with van der Waals surface area (Å²) in [6, 6.07) is 10.4. The van der Waals surface area contributed by atoms with Gasteiger partial charge in [-0.05, 0) is 31.5 Å². The van der Waals surface area contributed by atoms with Crippen molar-refractivity contribution in [2.24, 2.45) is 0 Å². The van der Waals surface area contributed by atoms with E-state index in [-0.39, 0.29) is 6.04 Å². The summed E-state index contributed by atoms with van der Waals surface area (Å²) in [6.45, 7) is 4.05. The predicted octanol–water partition coefficient (Wildman–Crippen LogP) is 4.39. The van der Waals surface area contributed by atoms with Crippen LogP contribution in [0.3, 0.4) is 0 Å². The Bertz CT molecular complexity index is 412. The Kier molecular flexibility index (Phi) is 6.80. The van der Waals surface area contributed by atoms with Crippen molar-refractivity contribution < 1.29 is 4.55 Å². The molecule has 18 heavy (non-hydrogen) atoms. The van der Waals surface area contributed by atoms with Gasteiger partial charge < -0.3 is 9.87 Å². The lowest BCUT2D eigenvalue weighted by Gasteiger charge is -2.21. The zero-order chi connectivity index (χ0) is 13.4. The minimum atomic E-state index is 0.108. The Morgan fingerprint density at radius 1 is 1.39 bits per heavy atom. The van der Waals surface area contributed by atoms with Gasteiger partial charge in [0.15, 0.2) is 0 Å². The van der Waals surface area contributed by atoms with E-state index in [9.17, 15) is 4.55 Å². The van der Waals surface area contributed by atoms with Crippen molar-refractivity contribution in [3.63, 3.8) is 0 Å². The van der Waals surface area contributed by atoms with Gasteiger partial charge in [-0.1, -0.05) is 49.4 Å². The van der Waals surface area contributed by atoms with E-state index >= 15 is 0 Å². The van der Waals surface area contributed by atoms with Crippen molar-refractivity contribution in [3.8, 4) is 0 Å². The van der Waals surface area contributed by atoms with Crippen LogP contribution in [0.25, 0.3) is 0 Å². The third-order valence-corrected chi connectivity index (χ3v) is 3.47. The van der Waals surface area contributed by atoms with E-state index in [0.29, 0.717) is 0 Å². The van der Waals surface area contributed by atoms with Crippen LogP contribution in [-0.2, 0) is 0 Å². The zero-order valence-electron chi connectivity index (χ0n) is 11.2. The molecule has 1 atom stereocenters. The van der Waals surface area contributed by atoms with Crippen molar-refractivity contribution in [3.05, 3.63) is 58.5 Å². The Hall–Kier alpha value is -1.03. The van der Waals surface area contributed by atoms with E-state index < -0.39 is 0 Å². The molecule has 0 amide bonds. The van der Waals surface area contributed by atoms with Crippen molar-refractivity contribution in [1.29, 1.82) is 0 Å². The molecule has 1 aromatic carbocycles. The van der Waals surface area contributed by atoms with E-state index in [0.717, 1.165) is 28.9 Å². The number of allylic oxidation sites excluding steroid dienone is 2. The van der Waals surface area contributed by atoms with Gasteiger partial charge >= 0.3 is 0 Å². The van der Waals surface area contributed by atoms with Crippen LogP contribution in [0.5, 0.6) is 0 Å². The van der Waals surface area contributed by atoms with Gasteiger partial charge in [0.25, 0.3) is 0 Å².